The molecular weight excluding hydrogens is 528 g/mol. The topological polar surface area (TPSA) is 122 Å². The van der Waals surface area contributed by atoms with Crippen LogP contribution >= 0.6 is 15.9 Å². The average molecular weight is 559 g/mol. The number of rotatable bonds is 5. The van der Waals surface area contributed by atoms with Crippen LogP contribution in [-0.4, -0.2) is 55.0 Å². The van der Waals surface area contributed by atoms with E-state index in [2.05, 4.69) is 31.1 Å². The number of hydrogen-bond donors (Lipinski definition) is 2. The van der Waals surface area contributed by atoms with Crippen LogP contribution in [0, 0.1) is 5.41 Å². The first-order valence-electron chi connectivity index (χ1n) is 11.6. The number of hydrogen-bond acceptors (Lipinski definition) is 8. The van der Waals surface area contributed by atoms with Crippen LogP contribution in [-0.2, 0) is 15.9 Å². The molecule has 1 saturated heterocycles. The maximum Gasteiger partial charge on any atom is 0.410 e. The number of aliphatic hydroxyl groups is 2. The van der Waals surface area contributed by atoms with Gasteiger partial charge in [0.2, 0.25) is 5.82 Å². The fraction of sp³-hybridized carbons (Fsp3) is 0.462. The highest BCUT2D eigenvalue weighted by Gasteiger charge is 2.58. The van der Waals surface area contributed by atoms with E-state index in [0.29, 0.717) is 16.7 Å². The number of amides is 1. The number of benzene rings is 1. The van der Waals surface area contributed by atoms with E-state index in [4.69, 9.17) is 9.26 Å². The van der Waals surface area contributed by atoms with Gasteiger partial charge in [-0.3, -0.25) is 4.98 Å². The van der Waals surface area contributed by atoms with Crippen LogP contribution in [0.4, 0.5) is 4.79 Å². The quantitative estimate of drug-likeness (QED) is 0.465. The molecule has 1 unspecified atom stereocenters. The lowest BCUT2D eigenvalue weighted by Crippen LogP contribution is -2.66. The Kier molecular flexibility index (Phi) is 6.51. The predicted molar refractivity (Wildman–Crippen MR) is 136 cm³/mol. The van der Waals surface area contributed by atoms with Crippen molar-refractivity contribution in [2.75, 3.05) is 13.1 Å². The zero-order valence-electron chi connectivity index (χ0n) is 21.2. The van der Waals surface area contributed by atoms with Crippen molar-refractivity contribution in [2.24, 2.45) is 5.41 Å². The van der Waals surface area contributed by atoms with Crippen molar-refractivity contribution in [1.82, 2.24) is 20.0 Å². The largest absolute Gasteiger partial charge is 0.444 e. The number of nitrogens with zero attached hydrogens (tertiary/aromatic N) is 4. The summed E-state index contributed by atoms with van der Waals surface area (Å²) in [5.41, 5.74) is -2.46. The fourth-order valence-corrected chi connectivity index (χ4v) is 4.65. The van der Waals surface area contributed by atoms with E-state index in [1.54, 1.807) is 37.2 Å². The molecule has 3 aromatic rings. The average Bonchev–Trinajstić information content (AvgIpc) is 3.27. The summed E-state index contributed by atoms with van der Waals surface area (Å²) >= 11 is 3.46. The monoisotopic (exact) mass is 558 g/mol. The molecule has 2 aromatic heterocycles. The number of carbonyl (C=O) groups excluding carboxylic acids is 1. The maximum atomic E-state index is 12.7. The Morgan fingerprint density at radius 3 is 2.28 bits per heavy atom. The van der Waals surface area contributed by atoms with Gasteiger partial charge in [-0.05, 0) is 58.4 Å². The number of carbonyl (C=O) groups is 1. The van der Waals surface area contributed by atoms with Gasteiger partial charge < -0.3 is 24.4 Å². The molecule has 2 N–H and O–H groups in total. The van der Waals surface area contributed by atoms with Crippen molar-refractivity contribution in [3.63, 3.8) is 0 Å². The second-order valence-corrected chi connectivity index (χ2v) is 12.0. The third-order valence-electron chi connectivity index (χ3n) is 6.23. The SMILES string of the molecule is CC(C)(C)OC(=O)N1CC(C)(C(O)(c2ccc(Br)cc2)c2cncc(-c3noc(C(C)(C)O)n3)c2)C1. The van der Waals surface area contributed by atoms with Crippen LogP contribution < -0.4 is 0 Å². The molecule has 36 heavy (non-hydrogen) atoms. The van der Waals surface area contributed by atoms with Gasteiger partial charge in [-0.1, -0.05) is 40.1 Å². The van der Waals surface area contributed by atoms with Crippen molar-refractivity contribution >= 4 is 22.0 Å². The van der Waals surface area contributed by atoms with Crippen LogP contribution in [0.3, 0.4) is 0 Å². The standard InChI is InChI=1S/C26H31BrN4O5/c1-23(2,3)35-22(32)31-14-25(6,15-31)26(34,17-7-9-19(27)10-8-17)18-11-16(12-28-13-18)20-29-21(36-30-20)24(4,5)33/h7-13,33-34H,14-15H2,1-6H3. The van der Waals surface area contributed by atoms with E-state index in [1.165, 1.54) is 0 Å². The van der Waals surface area contributed by atoms with Crippen LogP contribution in [0.5, 0.6) is 0 Å². The first kappa shape index (κ1) is 26.2. The molecule has 192 valence electrons. The van der Waals surface area contributed by atoms with Gasteiger partial charge in [0, 0.05) is 46.5 Å². The molecule has 4 rings (SSSR count). The zero-order valence-corrected chi connectivity index (χ0v) is 22.8. The number of ether oxygens (including phenoxy) is 1. The smallest absolute Gasteiger partial charge is 0.410 e. The molecule has 3 heterocycles. The number of likely N-dealkylation sites (tertiary alicyclic amines) is 1. The van der Waals surface area contributed by atoms with Crippen molar-refractivity contribution in [1.29, 1.82) is 0 Å². The molecule has 1 aliphatic heterocycles. The highest BCUT2D eigenvalue weighted by atomic mass is 79.9. The van der Waals surface area contributed by atoms with Gasteiger partial charge in [0.05, 0.1) is 0 Å². The molecule has 9 nitrogen and oxygen atoms in total. The van der Waals surface area contributed by atoms with Crippen molar-refractivity contribution in [3.05, 3.63) is 64.2 Å². The van der Waals surface area contributed by atoms with Gasteiger partial charge in [0.25, 0.3) is 5.89 Å². The summed E-state index contributed by atoms with van der Waals surface area (Å²) in [5, 5.41) is 26.6. The molecular formula is C26H31BrN4O5. The Morgan fingerprint density at radius 1 is 1.08 bits per heavy atom. The molecule has 0 radical (unpaired) electrons. The minimum atomic E-state index is -1.50. The molecule has 1 fully saturated rings. The molecule has 1 atom stereocenters. The number of pyridine rings is 1. The zero-order chi connectivity index (χ0) is 26.5. The highest BCUT2D eigenvalue weighted by molar-refractivity contribution is 9.10. The summed E-state index contributed by atoms with van der Waals surface area (Å²) in [6, 6.07) is 9.17. The van der Waals surface area contributed by atoms with Crippen molar-refractivity contribution in [3.8, 4) is 11.4 Å². The third kappa shape index (κ3) is 4.89. The molecule has 0 saturated carbocycles. The summed E-state index contributed by atoms with van der Waals surface area (Å²) in [5.74, 6) is 0.318. The van der Waals surface area contributed by atoms with E-state index < -0.39 is 28.3 Å². The number of halogens is 1. The Morgan fingerprint density at radius 2 is 1.72 bits per heavy atom. The molecule has 0 aliphatic carbocycles. The van der Waals surface area contributed by atoms with Crippen molar-refractivity contribution < 1.29 is 24.3 Å². The van der Waals surface area contributed by atoms with E-state index >= 15 is 0 Å². The lowest BCUT2D eigenvalue weighted by Gasteiger charge is -2.56. The van der Waals surface area contributed by atoms with E-state index in [1.807, 2.05) is 52.0 Å². The Labute approximate surface area is 218 Å². The van der Waals surface area contributed by atoms with E-state index in [0.717, 1.165) is 4.47 Å². The van der Waals surface area contributed by atoms with Crippen LogP contribution in [0.1, 0.15) is 58.6 Å². The third-order valence-corrected chi connectivity index (χ3v) is 6.76. The van der Waals surface area contributed by atoms with E-state index in [9.17, 15) is 15.0 Å². The summed E-state index contributed by atoms with van der Waals surface area (Å²) in [6.07, 6.45) is 2.75. The van der Waals surface area contributed by atoms with Gasteiger partial charge in [-0.25, -0.2) is 4.79 Å². The molecule has 10 heteroatoms. The van der Waals surface area contributed by atoms with Crippen LogP contribution in [0.15, 0.2) is 51.7 Å². The normalized spacial score (nSPS) is 17.3. The molecule has 0 bridgehead atoms. The van der Waals surface area contributed by atoms with Gasteiger partial charge in [0.15, 0.2) is 0 Å². The van der Waals surface area contributed by atoms with Gasteiger partial charge >= 0.3 is 6.09 Å². The van der Waals surface area contributed by atoms with Crippen molar-refractivity contribution in [2.45, 2.75) is 58.3 Å². The molecule has 1 amide bonds. The lowest BCUT2D eigenvalue weighted by atomic mass is 9.62. The second-order valence-electron chi connectivity index (χ2n) is 11.1. The summed E-state index contributed by atoms with van der Waals surface area (Å²) in [7, 11) is 0. The summed E-state index contributed by atoms with van der Waals surface area (Å²) < 4.78 is 11.6. The van der Waals surface area contributed by atoms with Crippen LogP contribution in [0.2, 0.25) is 0 Å². The van der Waals surface area contributed by atoms with Crippen LogP contribution in [0.25, 0.3) is 11.4 Å². The van der Waals surface area contributed by atoms with Gasteiger partial charge in [-0.2, -0.15) is 4.98 Å². The number of aromatic nitrogens is 3. The minimum absolute atomic E-state index is 0.0741. The predicted octanol–water partition coefficient (Wildman–Crippen LogP) is 4.61. The van der Waals surface area contributed by atoms with Gasteiger partial charge in [-0.15, -0.1) is 0 Å². The fourth-order valence-electron chi connectivity index (χ4n) is 4.38. The maximum absolute atomic E-state index is 12.7. The van der Waals surface area contributed by atoms with E-state index in [-0.39, 0.29) is 24.8 Å². The first-order valence-corrected chi connectivity index (χ1v) is 12.4. The lowest BCUT2D eigenvalue weighted by molar-refractivity contribution is -0.131. The molecule has 0 spiro atoms. The second kappa shape index (κ2) is 8.93. The highest BCUT2D eigenvalue weighted by Crippen LogP contribution is 2.51. The Balaban J connectivity index is 1.74. The summed E-state index contributed by atoms with van der Waals surface area (Å²) in [6.45, 7) is 11.1. The minimum Gasteiger partial charge on any atom is -0.444 e. The Hall–Kier alpha value is -2.82. The molecule has 1 aromatic carbocycles. The first-order chi connectivity index (χ1) is 16.6. The molecule has 1 aliphatic rings. The summed E-state index contributed by atoms with van der Waals surface area (Å²) in [4.78, 5) is 22.9. The Bertz CT molecular complexity index is 1260. The van der Waals surface area contributed by atoms with Gasteiger partial charge in [0.1, 0.15) is 16.8 Å².